The summed E-state index contributed by atoms with van der Waals surface area (Å²) in [7, 11) is 0. The molecular weight excluding hydrogens is 268 g/mol. The maximum absolute atomic E-state index is 3.54. The molecule has 0 spiro atoms. The van der Waals surface area contributed by atoms with Crippen molar-refractivity contribution in [1.82, 2.24) is 0 Å². The van der Waals surface area contributed by atoms with Gasteiger partial charge in [0.15, 0.2) is 0 Å². The van der Waals surface area contributed by atoms with E-state index in [9.17, 15) is 0 Å². The Morgan fingerprint density at radius 1 is 0.933 bits per heavy atom. The third-order valence-electron chi connectivity index (χ3n) is 2.26. The summed E-state index contributed by atoms with van der Waals surface area (Å²) in [6.07, 6.45) is 2.09. The summed E-state index contributed by atoms with van der Waals surface area (Å²) in [5.41, 5.74) is 2.53. The van der Waals surface area contributed by atoms with Gasteiger partial charge in [-0.25, -0.2) is 0 Å². The van der Waals surface area contributed by atoms with Crippen molar-refractivity contribution in [2.24, 2.45) is 0 Å². The van der Waals surface area contributed by atoms with E-state index < -0.39 is 0 Å². The minimum absolute atomic E-state index is 1.16. The molecule has 0 bridgehead atoms. The van der Waals surface area contributed by atoms with Crippen molar-refractivity contribution in [3.8, 4) is 11.1 Å². The quantitative estimate of drug-likeness (QED) is 0.709. The van der Waals surface area contributed by atoms with E-state index in [0.29, 0.717) is 0 Å². The summed E-state index contributed by atoms with van der Waals surface area (Å²) in [6.45, 7) is 0. The number of halogens is 1. The molecular formula is C13H11BrS. The van der Waals surface area contributed by atoms with Crippen molar-refractivity contribution in [1.29, 1.82) is 0 Å². The summed E-state index contributed by atoms with van der Waals surface area (Å²) in [5, 5.41) is 0. The highest BCUT2D eigenvalue weighted by atomic mass is 79.9. The molecule has 0 radical (unpaired) electrons. The Labute approximate surface area is 103 Å². The lowest BCUT2D eigenvalue weighted by molar-refractivity contribution is 1.41. The summed E-state index contributed by atoms with van der Waals surface area (Å²) >= 11 is 5.30. The molecule has 0 saturated heterocycles. The molecule has 0 nitrogen and oxygen atoms in total. The monoisotopic (exact) mass is 278 g/mol. The van der Waals surface area contributed by atoms with Gasteiger partial charge < -0.3 is 0 Å². The zero-order chi connectivity index (χ0) is 10.7. The summed E-state index contributed by atoms with van der Waals surface area (Å²) < 4.78 is 1.16. The SMILES string of the molecule is CSc1cc(-c2ccccc2)ccc1Br. The zero-order valence-corrected chi connectivity index (χ0v) is 10.8. The van der Waals surface area contributed by atoms with Gasteiger partial charge in [0.05, 0.1) is 0 Å². The highest BCUT2D eigenvalue weighted by Crippen LogP contribution is 2.30. The van der Waals surface area contributed by atoms with Gasteiger partial charge in [0.1, 0.15) is 0 Å². The van der Waals surface area contributed by atoms with Crippen molar-refractivity contribution in [3.63, 3.8) is 0 Å². The van der Waals surface area contributed by atoms with Crippen LogP contribution in [0.15, 0.2) is 57.9 Å². The number of hydrogen-bond acceptors (Lipinski definition) is 1. The molecule has 0 unspecified atom stereocenters. The predicted octanol–water partition coefficient (Wildman–Crippen LogP) is 4.84. The Bertz CT molecular complexity index is 451. The molecule has 2 aromatic carbocycles. The van der Waals surface area contributed by atoms with Crippen LogP contribution in [-0.2, 0) is 0 Å². The minimum Gasteiger partial charge on any atom is -0.128 e. The Kier molecular flexibility index (Phi) is 3.49. The van der Waals surface area contributed by atoms with Crippen LogP contribution in [0.2, 0.25) is 0 Å². The summed E-state index contributed by atoms with van der Waals surface area (Å²) in [6, 6.07) is 16.9. The van der Waals surface area contributed by atoms with Gasteiger partial charge in [-0.3, -0.25) is 0 Å². The first-order valence-corrected chi connectivity index (χ1v) is 6.72. The number of thioether (sulfide) groups is 1. The van der Waals surface area contributed by atoms with E-state index in [1.54, 1.807) is 11.8 Å². The van der Waals surface area contributed by atoms with E-state index in [-0.39, 0.29) is 0 Å². The third-order valence-corrected chi connectivity index (χ3v) is 3.99. The molecule has 2 rings (SSSR count). The van der Waals surface area contributed by atoms with Crippen LogP contribution in [0.25, 0.3) is 11.1 Å². The summed E-state index contributed by atoms with van der Waals surface area (Å²) in [4.78, 5) is 1.27. The van der Waals surface area contributed by atoms with E-state index in [1.807, 2.05) is 6.07 Å². The van der Waals surface area contributed by atoms with Gasteiger partial charge in [-0.2, -0.15) is 0 Å². The second-order valence-electron chi connectivity index (χ2n) is 3.22. The highest BCUT2D eigenvalue weighted by Gasteiger charge is 2.01. The van der Waals surface area contributed by atoms with E-state index >= 15 is 0 Å². The fourth-order valence-electron chi connectivity index (χ4n) is 1.47. The van der Waals surface area contributed by atoms with Crippen LogP contribution < -0.4 is 0 Å². The van der Waals surface area contributed by atoms with Crippen molar-refractivity contribution in [3.05, 3.63) is 53.0 Å². The van der Waals surface area contributed by atoms with E-state index in [2.05, 4.69) is 64.7 Å². The van der Waals surface area contributed by atoms with Gasteiger partial charge in [-0.1, -0.05) is 36.4 Å². The van der Waals surface area contributed by atoms with Gasteiger partial charge in [0, 0.05) is 9.37 Å². The second-order valence-corrected chi connectivity index (χ2v) is 4.92. The van der Waals surface area contributed by atoms with Crippen molar-refractivity contribution in [2.75, 3.05) is 6.26 Å². The van der Waals surface area contributed by atoms with Crippen LogP contribution in [0.1, 0.15) is 0 Å². The Morgan fingerprint density at radius 3 is 2.33 bits per heavy atom. The van der Waals surface area contributed by atoms with Crippen molar-refractivity contribution in [2.45, 2.75) is 4.90 Å². The molecule has 0 aromatic heterocycles. The van der Waals surface area contributed by atoms with Crippen LogP contribution in [0.5, 0.6) is 0 Å². The Balaban J connectivity index is 2.46. The lowest BCUT2D eigenvalue weighted by Crippen LogP contribution is -1.79. The maximum Gasteiger partial charge on any atom is 0.0311 e. The van der Waals surface area contributed by atoms with Crippen LogP contribution >= 0.6 is 27.7 Å². The number of rotatable bonds is 2. The normalized spacial score (nSPS) is 10.3. The predicted molar refractivity (Wildman–Crippen MR) is 71.4 cm³/mol. The molecule has 2 aromatic rings. The molecule has 0 aliphatic carbocycles. The van der Waals surface area contributed by atoms with Gasteiger partial charge in [-0.15, -0.1) is 11.8 Å². The van der Waals surface area contributed by atoms with Crippen LogP contribution in [0, 0.1) is 0 Å². The first kappa shape index (κ1) is 10.8. The lowest BCUT2D eigenvalue weighted by atomic mass is 10.1. The lowest BCUT2D eigenvalue weighted by Gasteiger charge is -2.05. The molecule has 2 heteroatoms. The second kappa shape index (κ2) is 4.86. The number of benzene rings is 2. The molecule has 0 aliphatic rings. The average molecular weight is 279 g/mol. The number of hydrogen-bond donors (Lipinski definition) is 0. The first-order valence-electron chi connectivity index (χ1n) is 4.70. The largest absolute Gasteiger partial charge is 0.128 e. The van der Waals surface area contributed by atoms with E-state index in [0.717, 1.165) is 4.47 Å². The van der Waals surface area contributed by atoms with Gasteiger partial charge in [0.25, 0.3) is 0 Å². The minimum atomic E-state index is 1.16. The molecule has 76 valence electrons. The zero-order valence-electron chi connectivity index (χ0n) is 8.41. The van der Waals surface area contributed by atoms with E-state index in [1.165, 1.54) is 16.0 Å². The molecule has 0 N–H and O–H groups in total. The summed E-state index contributed by atoms with van der Waals surface area (Å²) in [5.74, 6) is 0. The van der Waals surface area contributed by atoms with Crippen molar-refractivity contribution >= 4 is 27.7 Å². The Hall–Kier alpha value is -0.730. The molecule has 0 atom stereocenters. The molecule has 0 fully saturated rings. The maximum atomic E-state index is 3.54. The van der Waals surface area contributed by atoms with E-state index in [4.69, 9.17) is 0 Å². The first-order chi connectivity index (χ1) is 7.31. The van der Waals surface area contributed by atoms with Gasteiger partial charge in [-0.05, 0) is 45.4 Å². The topological polar surface area (TPSA) is 0 Å². The van der Waals surface area contributed by atoms with Gasteiger partial charge in [0.2, 0.25) is 0 Å². The van der Waals surface area contributed by atoms with Crippen molar-refractivity contribution < 1.29 is 0 Å². The standard InChI is InChI=1S/C13H11BrS/c1-15-13-9-11(7-8-12(13)14)10-5-3-2-4-6-10/h2-9H,1H3. The van der Waals surface area contributed by atoms with Crippen LogP contribution in [-0.4, -0.2) is 6.26 Å². The smallest absolute Gasteiger partial charge is 0.0311 e. The highest BCUT2D eigenvalue weighted by molar-refractivity contribution is 9.10. The Morgan fingerprint density at radius 2 is 1.67 bits per heavy atom. The molecule has 0 amide bonds. The molecule has 15 heavy (non-hydrogen) atoms. The average Bonchev–Trinajstić information content (AvgIpc) is 2.31. The van der Waals surface area contributed by atoms with Crippen LogP contribution in [0.3, 0.4) is 0 Å². The van der Waals surface area contributed by atoms with Gasteiger partial charge >= 0.3 is 0 Å². The van der Waals surface area contributed by atoms with Crippen LogP contribution in [0.4, 0.5) is 0 Å². The molecule has 0 saturated carbocycles. The fourth-order valence-corrected chi connectivity index (χ4v) is 2.71. The molecule has 0 aliphatic heterocycles. The fraction of sp³-hybridized carbons (Fsp3) is 0.0769. The molecule has 0 heterocycles. The third kappa shape index (κ3) is 2.44.